The normalized spacial score (nSPS) is 11.9. The van der Waals surface area contributed by atoms with Crippen LogP contribution in [-0.2, 0) is 16.4 Å². The maximum atomic E-state index is 14.3. The Morgan fingerprint density at radius 3 is 2.65 bits per heavy atom. The van der Waals surface area contributed by atoms with Crippen molar-refractivity contribution in [1.82, 2.24) is 10.3 Å². The van der Waals surface area contributed by atoms with Crippen molar-refractivity contribution in [2.75, 3.05) is 30.5 Å². The summed E-state index contributed by atoms with van der Waals surface area (Å²) < 4.78 is 36.6. The van der Waals surface area contributed by atoms with E-state index in [0.717, 1.165) is 6.26 Å². The van der Waals surface area contributed by atoms with Crippen molar-refractivity contribution in [2.45, 2.75) is 26.4 Å². The van der Waals surface area contributed by atoms with Crippen molar-refractivity contribution in [1.29, 1.82) is 0 Å². The fraction of sp³-hybridized carbons (Fsp3) is 0.615. The second-order valence-corrected chi connectivity index (χ2v) is 7.45. The molecule has 0 saturated heterocycles. The lowest BCUT2D eigenvalue weighted by Gasteiger charge is -2.19. The molecule has 114 valence electrons. The number of nitrogens with one attached hydrogen (secondary N) is 1. The highest BCUT2D eigenvalue weighted by Gasteiger charge is 2.15. The minimum atomic E-state index is -3.08. The molecule has 0 radical (unpaired) electrons. The van der Waals surface area contributed by atoms with Gasteiger partial charge in [-0.15, -0.1) is 0 Å². The first kappa shape index (κ1) is 16.8. The molecule has 7 heteroatoms. The smallest absolute Gasteiger partial charge is 0.170 e. The topological polar surface area (TPSA) is 62.3 Å². The molecule has 5 nitrogen and oxygen atoms in total. The highest BCUT2D eigenvalue weighted by atomic mass is 32.2. The average Bonchev–Trinajstić information content (AvgIpc) is 2.33. The largest absolute Gasteiger partial charge is 0.356 e. The zero-order valence-corrected chi connectivity index (χ0v) is 13.2. The Hall–Kier alpha value is -1.21. The van der Waals surface area contributed by atoms with E-state index >= 15 is 0 Å². The molecule has 1 N–H and O–H groups in total. The van der Waals surface area contributed by atoms with Gasteiger partial charge in [0.05, 0.1) is 5.75 Å². The van der Waals surface area contributed by atoms with E-state index in [2.05, 4.69) is 10.3 Å². The first-order chi connectivity index (χ1) is 9.20. The van der Waals surface area contributed by atoms with Gasteiger partial charge < -0.3 is 10.2 Å². The molecule has 0 atom stereocenters. The van der Waals surface area contributed by atoms with Gasteiger partial charge in [-0.05, 0) is 6.07 Å². The van der Waals surface area contributed by atoms with Gasteiger partial charge in [0.2, 0.25) is 0 Å². The molecule has 0 unspecified atom stereocenters. The minimum absolute atomic E-state index is 0.0287. The van der Waals surface area contributed by atoms with Gasteiger partial charge >= 0.3 is 0 Å². The Bertz CT molecular complexity index is 547. The predicted octanol–water partition coefficient (Wildman–Crippen LogP) is 1.20. The molecule has 0 fully saturated rings. The van der Waals surface area contributed by atoms with E-state index in [0.29, 0.717) is 12.1 Å². The second-order valence-electron chi connectivity index (χ2n) is 5.19. The number of anilines is 1. The molecule has 0 spiro atoms. The highest BCUT2D eigenvalue weighted by Crippen LogP contribution is 2.18. The Morgan fingerprint density at radius 2 is 2.10 bits per heavy atom. The predicted molar refractivity (Wildman–Crippen MR) is 79.2 cm³/mol. The highest BCUT2D eigenvalue weighted by molar-refractivity contribution is 7.90. The van der Waals surface area contributed by atoms with Crippen molar-refractivity contribution < 1.29 is 12.8 Å². The van der Waals surface area contributed by atoms with Gasteiger partial charge in [-0.1, -0.05) is 13.8 Å². The summed E-state index contributed by atoms with van der Waals surface area (Å²) in [5.74, 6) is -0.257. The Kier molecular flexibility index (Phi) is 5.88. The average molecular weight is 303 g/mol. The fourth-order valence-corrected chi connectivity index (χ4v) is 2.20. The zero-order valence-electron chi connectivity index (χ0n) is 12.4. The van der Waals surface area contributed by atoms with Gasteiger partial charge in [0, 0.05) is 44.2 Å². The Balaban J connectivity index is 2.82. The van der Waals surface area contributed by atoms with E-state index < -0.39 is 15.7 Å². The van der Waals surface area contributed by atoms with Crippen LogP contribution in [0.4, 0.5) is 10.2 Å². The molecule has 0 saturated carbocycles. The summed E-state index contributed by atoms with van der Waals surface area (Å²) in [7, 11) is -1.44. The van der Waals surface area contributed by atoms with Crippen LogP contribution in [0.2, 0.25) is 0 Å². The van der Waals surface area contributed by atoms with E-state index in [9.17, 15) is 12.8 Å². The van der Waals surface area contributed by atoms with Gasteiger partial charge in [-0.25, -0.2) is 17.8 Å². The third kappa shape index (κ3) is 5.42. The number of rotatable bonds is 7. The van der Waals surface area contributed by atoms with Gasteiger partial charge in [0.15, 0.2) is 11.6 Å². The maximum Gasteiger partial charge on any atom is 0.170 e. The van der Waals surface area contributed by atoms with Crippen LogP contribution in [0.1, 0.15) is 19.4 Å². The van der Waals surface area contributed by atoms with Crippen LogP contribution in [0.25, 0.3) is 0 Å². The minimum Gasteiger partial charge on any atom is -0.356 e. The molecule has 0 aliphatic rings. The molecule has 0 aromatic carbocycles. The standard InChI is InChI=1S/C13H22FN3O2S/c1-10(2)16-9-11-5-6-15-13(12(11)14)17(3)7-8-20(4,18)19/h5-6,10,16H,7-9H2,1-4H3. The number of hydrogen-bond acceptors (Lipinski definition) is 5. The first-order valence-corrected chi connectivity index (χ1v) is 8.52. The van der Waals surface area contributed by atoms with Crippen molar-refractivity contribution in [2.24, 2.45) is 0 Å². The summed E-state index contributed by atoms with van der Waals surface area (Å²) in [5, 5.41) is 3.14. The zero-order chi connectivity index (χ0) is 15.3. The van der Waals surface area contributed by atoms with Gasteiger partial charge in [0.25, 0.3) is 0 Å². The summed E-state index contributed by atoms with van der Waals surface area (Å²) >= 11 is 0. The van der Waals surface area contributed by atoms with E-state index in [1.165, 1.54) is 11.1 Å². The van der Waals surface area contributed by atoms with Crippen LogP contribution in [0.3, 0.4) is 0 Å². The number of halogens is 1. The summed E-state index contributed by atoms with van der Waals surface area (Å²) in [5.41, 5.74) is 0.523. The lowest BCUT2D eigenvalue weighted by Crippen LogP contribution is -2.27. The Morgan fingerprint density at radius 1 is 1.45 bits per heavy atom. The Labute approximate surface area is 120 Å². The van der Waals surface area contributed by atoms with Crippen LogP contribution in [0.15, 0.2) is 12.3 Å². The monoisotopic (exact) mass is 303 g/mol. The van der Waals surface area contributed by atoms with E-state index in [1.54, 1.807) is 13.1 Å². The molecule has 1 aromatic heterocycles. The molecule has 20 heavy (non-hydrogen) atoms. The summed E-state index contributed by atoms with van der Waals surface area (Å²) in [4.78, 5) is 5.52. The molecule has 1 heterocycles. The third-order valence-electron chi connectivity index (χ3n) is 2.81. The van der Waals surface area contributed by atoms with Crippen molar-refractivity contribution in [3.8, 4) is 0 Å². The van der Waals surface area contributed by atoms with Gasteiger partial charge in [0.1, 0.15) is 9.84 Å². The molecular weight excluding hydrogens is 281 g/mol. The first-order valence-electron chi connectivity index (χ1n) is 6.46. The number of sulfone groups is 1. The molecule has 0 amide bonds. The molecular formula is C13H22FN3O2S. The quantitative estimate of drug-likeness (QED) is 0.820. The number of aromatic nitrogens is 1. The lowest BCUT2D eigenvalue weighted by molar-refractivity contribution is 0.548. The van der Waals surface area contributed by atoms with Crippen molar-refractivity contribution >= 4 is 15.7 Å². The molecule has 0 aliphatic carbocycles. The molecule has 0 aliphatic heterocycles. The second kappa shape index (κ2) is 6.99. The van der Waals surface area contributed by atoms with E-state index in [4.69, 9.17) is 0 Å². The van der Waals surface area contributed by atoms with Crippen molar-refractivity contribution in [3.63, 3.8) is 0 Å². The molecule has 0 bridgehead atoms. The molecule has 1 rings (SSSR count). The van der Waals surface area contributed by atoms with Crippen molar-refractivity contribution in [3.05, 3.63) is 23.6 Å². The number of hydrogen-bond donors (Lipinski definition) is 1. The van der Waals surface area contributed by atoms with E-state index in [-0.39, 0.29) is 24.2 Å². The SMILES string of the molecule is CC(C)NCc1ccnc(N(C)CCS(C)(=O)=O)c1F. The van der Waals surface area contributed by atoms with Crippen LogP contribution in [0, 0.1) is 5.82 Å². The molecule has 1 aromatic rings. The number of nitrogens with zero attached hydrogens (tertiary/aromatic N) is 2. The van der Waals surface area contributed by atoms with Gasteiger partial charge in [-0.3, -0.25) is 0 Å². The maximum absolute atomic E-state index is 14.3. The number of pyridine rings is 1. The van der Waals surface area contributed by atoms with Crippen LogP contribution < -0.4 is 10.2 Å². The van der Waals surface area contributed by atoms with Crippen LogP contribution in [-0.4, -0.2) is 45.0 Å². The lowest BCUT2D eigenvalue weighted by atomic mass is 10.2. The fourth-order valence-electron chi connectivity index (χ4n) is 1.60. The third-order valence-corrected chi connectivity index (χ3v) is 3.73. The van der Waals surface area contributed by atoms with Crippen LogP contribution >= 0.6 is 0 Å². The summed E-state index contributed by atoms with van der Waals surface area (Å²) in [6.07, 6.45) is 2.69. The summed E-state index contributed by atoms with van der Waals surface area (Å²) in [6, 6.07) is 1.88. The summed E-state index contributed by atoms with van der Waals surface area (Å²) in [6.45, 7) is 4.60. The van der Waals surface area contributed by atoms with Crippen LogP contribution in [0.5, 0.6) is 0 Å². The van der Waals surface area contributed by atoms with Gasteiger partial charge in [-0.2, -0.15) is 0 Å². The van der Waals surface area contributed by atoms with E-state index in [1.807, 2.05) is 13.8 Å².